The smallest absolute Gasteiger partial charge is 0.228 e. The lowest BCUT2D eigenvalue weighted by molar-refractivity contribution is -0.121. The van der Waals surface area contributed by atoms with Crippen molar-refractivity contribution in [1.29, 1.82) is 0 Å². The molecule has 0 spiro atoms. The van der Waals surface area contributed by atoms with E-state index in [0.29, 0.717) is 28.8 Å². The number of nitrogens with one attached hydrogen (secondary N) is 1. The van der Waals surface area contributed by atoms with Gasteiger partial charge in [-0.05, 0) is 65.3 Å². The van der Waals surface area contributed by atoms with Crippen LogP contribution in [0.25, 0.3) is 11.6 Å². The van der Waals surface area contributed by atoms with Gasteiger partial charge < -0.3 is 14.3 Å². The first-order valence-corrected chi connectivity index (χ1v) is 10.5. The summed E-state index contributed by atoms with van der Waals surface area (Å²) in [4.78, 5) is 19.0. The molecule has 29 heavy (non-hydrogen) atoms. The maximum Gasteiger partial charge on any atom is 0.228 e. The van der Waals surface area contributed by atoms with E-state index < -0.39 is 0 Å². The van der Waals surface area contributed by atoms with Gasteiger partial charge in [0, 0.05) is 36.7 Å². The summed E-state index contributed by atoms with van der Waals surface area (Å²) >= 11 is 8.87. The van der Waals surface area contributed by atoms with Gasteiger partial charge in [-0.15, -0.1) is 5.10 Å². The summed E-state index contributed by atoms with van der Waals surface area (Å²) in [6.45, 7) is 2.20. The molecule has 3 aromatic rings. The number of amides is 1. The molecule has 0 aromatic carbocycles. The number of halogens is 1. The molecule has 3 aromatic heterocycles. The zero-order chi connectivity index (χ0) is 20.4. The minimum absolute atomic E-state index is 0.0212. The van der Waals surface area contributed by atoms with Crippen LogP contribution in [0.3, 0.4) is 0 Å². The normalized spacial score (nSPS) is 15.5. The number of hydrogen-bond acceptors (Lipinski definition) is 6. The third kappa shape index (κ3) is 4.49. The molecule has 1 N–H and O–H groups in total. The van der Waals surface area contributed by atoms with Gasteiger partial charge in [0.25, 0.3) is 0 Å². The van der Waals surface area contributed by atoms with Crippen molar-refractivity contribution >= 4 is 39.9 Å². The van der Waals surface area contributed by atoms with E-state index in [1.54, 1.807) is 23.2 Å². The van der Waals surface area contributed by atoms with Crippen LogP contribution in [0, 0.1) is 10.7 Å². The van der Waals surface area contributed by atoms with Crippen LogP contribution in [0.1, 0.15) is 12.8 Å². The monoisotopic (exact) mass is 476 g/mol. The summed E-state index contributed by atoms with van der Waals surface area (Å²) in [5.41, 5.74) is 0. The molecule has 0 bridgehead atoms. The van der Waals surface area contributed by atoms with E-state index in [1.807, 2.05) is 29.8 Å². The summed E-state index contributed by atoms with van der Waals surface area (Å²) in [5, 5.41) is 7.51. The molecule has 1 saturated heterocycles. The molecule has 4 rings (SSSR count). The summed E-state index contributed by atoms with van der Waals surface area (Å²) < 4.78 is 10.6. The second kappa shape index (κ2) is 8.60. The predicted molar refractivity (Wildman–Crippen MR) is 115 cm³/mol. The molecular formula is C19H21BrN6O2S. The lowest BCUT2D eigenvalue weighted by Crippen LogP contribution is -2.39. The van der Waals surface area contributed by atoms with Crippen molar-refractivity contribution in [2.24, 2.45) is 13.0 Å². The number of likely N-dealkylation sites (tertiary alicyclic amines) is 1. The van der Waals surface area contributed by atoms with Gasteiger partial charge >= 0.3 is 0 Å². The van der Waals surface area contributed by atoms with Gasteiger partial charge in [0.15, 0.2) is 16.4 Å². The minimum Gasteiger partial charge on any atom is -0.461 e. The Morgan fingerprint density at radius 2 is 2.14 bits per heavy atom. The predicted octanol–water partition coefficient (Wildman–Crippen LogP) is 3.68. The van der Waals surface area contributed by atoms with Crippen LogP contribution in [-0.4, -0.2) is 43.2 Å². The van der Waals surface area contributed by atoms with Crippen LogP contribution >= 0.6 is 28.1 Å². The molecule has 0 unspecified atom stereocenters. The van der Waals surface area contributed by atoms with Gasteiger partial charge in [-0.1, -0.05) is 0 Å². The molecule has 1 fully saturated rings. The third-order valence-corrected chi connectivity index (χ3v) is 6.01. The summed E-state index contributed by atoms with van der Waals surface area (Å²) in [7, 11) is 1.89. The van der Waals surface area contributed by atoms with Crippen LogP contribution in [0.2, 0.25) is 0 Å². The Morgan fingerprint density at radius 1 is 1.34 bits per heavy atom. The van der Waals surface area contributed by atoms with Crippen LogP contribution in [0.4, 0.5) is 5.82 Å². The fourth-order valence-corrected chi connectivity index (χ4v) is 3.82. The minimum atomic E-state index is -0.0212. The quantitative estimate of drug-likeness (QED) is 0.565. The maximum atomic E-state index is 12.5. The van der Waals surface area contributed by atoms with Gasteiger partial charge in [-0.2, -0.15) is 0 Å². The number of hydrogen-bond donors (Lipinski definition) is 1. The van der Waals surface area contributed by atoms with Crippen molar-refractivity contribution in [3.63, 3.8) is 0 Å². The molecule has 1 aliphatic heterocycles. The Bertz CT molecular complexity index is 1040. The largest absolute Gasteiger partial charge is 0.461 e. The molecule has 8 nitrogen and oxygen atoms in total. The Balaban J connectivity index is 1.34. The lowest BCUT2D eigenvalue weighted by Gasteiger charge is -2.30. The number of rotatable bonds is 5. The van der Waals surface area contributed by atoms with E-state index in [-0.39, 0.29) is 11.8 Å². The highest BCUT2D eigenvalue weighted by atomic mass is 79.9. The third-order valence-electron chi connectivity index (χ3n) is 5.05. The molecule has 4 heterocycles. The van der Waals surface area contributed by atoms with E-state index in [1.165, 1.54) is 0 Å². The highest BCUT2D eigenvalue weighted by Crippen LogP contribution is 2.21. The first-order chi connectivity index (χ1) is 14.0. The highest BCUT2D eigenvalue weighted by Gasteiger charge is 2.26. The molecule has 0 saturated carbocycles. The fourth-order valence-electron chi connectivity index (χ4n) is 3.40. The van der Waals surface area contributed by atoms with Crippen molar-refractivity contribution in [3.05, 3.63) is 46.0 Å². The molecule has 0 atom stereocenters. The second-order valence-corrected chi connectivity index (χ2v) is 8.31. The number of carbonyl (C=O) groups excluding carboxylic acids is 1. The van der Waals surface area contributed by atoms with E-state index >= 15 is 0 Å². The summed E-state index contributed by atoms with van der Waals surface area (Å²) in [5.74, 6) is 1.97. The number of furan rings is 1. The second-order valence-electron chi connectivity index (χ2n) is 7.03. The van der Waals surface area contributed by atoms with Gasteiger partial charge in [0.1, 0.15) is 5.82 Å². The van der Waals surface area contributed by atoms with E-state index in [4.69, 9.17) is 16.6 Å². The molecule has 0 radical (unpaired) electrons. The molecule has 1 amide bonds. The number of piperidine rings is 1. The number of carbonyl (C=O) groups is 1. The molecular weight excluding hydrogens is 456 g/mol. The van der Waals surface area contributed by atoms with Gasteiger partial charge in [0.05, 0.1) is 12.9 Å². The number of pyridine rings is 1. The Morgan fingerprint density at radius 3 is 2.79 bits per heavy atom. The lowest BCUT2D eigenvalue weighted by atomic mass is 9.96. The summed E-state index contributed by atoms with van der Waals surface area (Å²) in [6.07, 6.45) is 4.86. The molecule has 1 aliphatic rings. The van der Waals surface area contributed by atoms with Crippen LogP contribution in [0.15, 0.2) is 45.6 Å². The highest BCUT2D eigenvalue weighted by molar-refractivity contribution is 9.10. The zero-order valence-corrected chi connectivity index (χ0v) is 18.3. The number of anilines is 1. The molecule has 0 aliphatic carbocycles. The van der Waals surface area contributed by atoms with Gasteiger partial charge in [-0.3, -0.25) is 9.69 Å². The van der Waals surface area contributed by atoms with Gasteiger partial charge in [0.2, 0.25) is 5.91 Å². The molecule has 10 heteroatoms. The SMILES string of the molecule is Cn1c(-c2ccco2)nn(CN2CCC(C(=O)Nc3ccc(Br)cn3)CC2)c1=S. The van der Waals surface area contributed by atoms with Crippen molar-refractivity contribution in [2.75, 3.05) is 18.4 Å². The molecule has 152 valence electrons. The zero-order valence-electron chi connectivity index (χ0n) is 15.9. The number of nitrogens with zero attached hydrogens (tertiary/aromatic N) is 5. The average Bonchev–Trinajstić information content (AvgIpc) is 3.35. The van der Waals surface area contributed by atoms with Crippen molar-refractivity contribution in [2.45, 2.75) is 19.5 Å². The average molecular weight is 477 g/mol. The Labute approximate surface area is 181 Å². The summed E-state index contributed by atoms with van der Waals surface area (Å²) in [6, 6.07) is 7.35. The van der Waals surface area contributed by atoms with Crippen LogP contribution in [-0.2, 0) is 18.5 Å². The standard InChI is InChI=1S/C19H21BrN6O2S/c1-24-17(15-3-2-10-28-15)23-26(19(24)29)12-25-8-6-13(7-9-25)18(27)22-16-5-4-14(20)11-21-16/h2-5,10-11,13H,6-9,12H2,1H3,(H,21,22,27). The first-order valence-electron chi connectivity index (χ1n) is 9.34. The fraction of sp³-hybridized carbons (Fsp3) is 0.368. The van der Waals surface area contributed by atoms with Crippen molar-refractivity contribution < 1.29 is 9.21 Å². The van der Waals surface area contributed by atoms with Crippen LogP contribution in [0.5, 0.6) is 0 Å². The first kappa shape index (κ1) is 20.0. The van der Waals surface area contributed by atoms with Crippen molar-refractivity contribution in [1.82, 2.24) is 24.2 Å². The maximum absolute atomic E-state index is 12.5. The van der Waals surface area contributed by atoms with E-state index in [0.717, 1.165) is 30.4 Å². The van der Waals surface area contributed by atoms with Gasteiger partial charge in [-0.25, -0.2) is 9.67 Å². The topological polar surface area (TPSA) is 81.1 Å². The Kier molecular flexibility index (Phi) is 5.93. The van der Waals surface area contributed by atoms with E-state index in [9.17, 15) is 4.79 Å². The Hall–Kier alpha value is -2.30. The van der Waals surface area contributed by atoms with Crippen molar-refractivity contribution in [3.8, 4) is 11.6 Å². The van der Waals surface area contributed by atoms with E-state index in [2.05, 4.69) is 36.2 Å². The van der Waals surface area contributed by atoms with Crippen LogP contribution < -0.4 is 5.32 Å². The number of aromatic nitrogens is 4.